The van der Waals surface area contributed by atoms with Crippen molar-refractivity contribution in [3.05, 3.63) is 69.2 Å². The zero-order valence-electron chi connectivity index (χ0n) is 13.3. The van der Waals surface area contributed by atoms with Crippen molar-refractivity contribution in [2.75, 3.05) is 13.1 Å². The van der Waals surface area contributed by atoms with E-state index in [0.29, 0.717) is 41.2 Å². The van der Waals surface area contributed by atoms with Crippen LogP contribution in [0.2, 0.25) is 10.0 Å². The van der Waals surface area contributed by atoms with E-state index in [1.807, 2.05) is 11.0 Å². The lowest BCUT2D eigenvalue weighted by Crippen LogP contribution is -2.38. The summed E-state index contributed by atoms with van der Waals surface area (Å²) in [5.41, 5.74) is 8.59. The third kappa shape index (κ3) is 3.59. The third-order valence-electron chi connectivity index (χ3n) is 4.62. The highest BCUT2D eigenvalue weighted by Gasteiger charge is 2.27. The van der Waals surface area contributed by atoms with Gasteiger partial charge in [-0.05, 0) is 42.0 Å². The van der Waals surface area contributed by atoms with Gasteiger partial charge in [-0.15, -0.1) is 0 Å². The van der Waals surface area contributed by atoms with Crippen LogP contribution in [-0.4, -0.2) is 23.9 Å². The second kappa shape index (κ2) is 7.56. The Labute approximate surface area is 152 Å². The Balaban J connectivity index is 1.69. The highest BCUT2D eigenvalue weighted by atomic mass is 35.5. The maximum absolute atomic E-state index is 12.7. The highest BCUT2D eigenvalue weighted by Crippen LogP contribution is 2.31. The maximum atomic E-state index is 12.7. The van der Waals surface area contributed by atoms with Gasteiger partial charge in [0.05, 0.1) is 15.6 Å². The largest absolute Gasteiger partial charge is 0.339 e. The number of likely N-dealkylation sites (tertiary alicyclic amines) is 1. The summed E-state index contributed by atoms with van der Waals surface area (Å²) < 4.78 is 0. The van der Waals surface area contributed by atoms with Gasteiger partial charge in [0, 0.05) is 19.6 Å². The Morgan fingerprint density at radius 2 is 1.71 bits per heavy atom. The number of nitrogens with zero attached hydrogens (tertiary/aromatic N) is 1. The van der Waals surface area contributed by atoms with Crippen molar-refractivity contribution < 1.29 is 4.79 Å². The quantitative estimate of drug-likeness (QED) is 0.875. The molecular formula is C19H20Cl2N2O. The second-order valence-electron chi connectivity index (χ2n) is 6.11. The second-order valence-corrected chi connectivity index (χ2v) is 6.93. The Hall–Kier alpha value is -1.55. The zero-order chi connectivity index (χ0) is 17.1. The van der Waals surface area contributed by atoms with Crippen LogP contribution in [0.3, 0.4) is 0 Å². The molecule has 0 spiro atoms. The number of amides is 1. The van der Waals surface area contributed by atoms with E-state index in [4.69, 9.17) is 28.9 Å². The zero-order valence-corrected chi connectivity index (χ0v) is 14.9. The first kappa shape index (κ1) is 17.3. The van der Waals surface area contributed by atoms with Crippen LogP contribution in [-0.2, 0) is 6.54 Å². The Morgan fingerprint density at radius 3 is 2.33 bits per heavy atom. The Bertz CT molecular complexity index is 720. The maximum Gasteiger partial charge on any atom is 0.256 e. The van der Waals surface area contributed by atoms with Crippen LogP contribution in [0.25, 0.3) is 0 Å². The number of hydrogen-bond donors (Lipinski definition) is 1. The fourth-order valence-electron chi connectivity index (χ4n) is 3.25. The summed E-state index contributed by atoms with van der Waals surface area (Å²) in [4.78, 5) is 14.6. The van der Waals surface area contributed by atoms with Crippen molar-refractivity contribution in [3.8, 4) is 0 Å². The van der Waals surface area contributed by atoms with Crippen molar-refractivity contribution in [1.82, 2.24) is 4.90 Å². The number of nitrogens with two attached hydrogens (primary N) is 1. The molecule has 5 heteroatoms. The molecule has 1 aliphatic rings. The molecule has 2 aromatic rings. The minimum absolute atomic E-state index is 0.0836. The van der Waals surface area contributed by atoms with Gasteiger partial charge in [0.15, 0.2) is 0 Å². The standard InChI is InChI=1S/C19H20Cl2N2O/c20-16-5-2-6-17(21)18(16)19(24)23-9-7-14(8-10-23)15-4-1-3-13(11-15)12-22/h1-6,11,14H,7-10,12,22H2. The number of halogens is 2. The third-order valence-corrected chi connectivity index (χ3v) is 5.25. The summed E-state index contributed by atoms with van der Waals surface area (Å²) in [6.07, 6.45) is 1.86. The summed E-state index contributed by atoms with van der Waals surface area (Å²) >= 11 is 12.3. The summed E-state index contributed by atoms with van der Waals surface area (Å²) in [5.74, 6) is 0.377. The molecule has 0 bridgehead atoms. The molecule has 3 nitrogen and oxygen atoms in total. The number of piperidine rings is 1. The topological polar surface area (TPSA) is 46.3 Å². The van der Waals surface area contributed by atoms with Crippen molar-refractivity contribution in [1.29, 1.82) is 0 Å². The number of carbonyl (C=O) groups is 1. The van der Waals surface area contributed by atoms with Crippen molar-refractivity contribution >= 4 is 29.1 Å². The first-order valence-corrected chi connectivity index (χ1v) is 8.88. The van der Waals surface area contributed by atoms with Crippen molar-refractivity contribution in [2.24, 2.45) is 5.73 Å². The van der Waals surface area contributed by atoms with Crippen molar-refractivity contribution in [2.45, 2.75) is 25.3 Å². The molecule has 24 heavy (non-hydrogen) atoms. The van der Waals surface area contributed by atoms with Gasteiger partial charge in [-0.2, -0.15) is 0 Å². The smallest absolute Gasteiger partial charge is 0.256 e. The Kier molecular flexibility index (Phi) is 5.44. The molecule has 1 amide bonds. The summed E-state index contributed by atoms with van der Waals surface area (Å²) in [7, 11) is 0. The molecule has 0 aromatic heterocycles. The van der Waals surface area contributed by atoms with E-state index in [2.05, 4.69) is 18.2 Å². The molecular weight excluding hydrogens is 343 g/mol. The predicted molar refractivity (Wildman–Crippen MR) is 98.7 cm³/mol. The monoisotopic (exact) mass is 362 g/mol. The fourth-order valence-corrected chi connectivity index (χ4v) is 3.81. The van der Waals surface area contributed by atoms with Crippen LogP contribution in [0.4, 0.5) is 0 Å². The van der Waals surface area contributed by atoms with E-state index in [0.717, 1.165) is 18.4 Å². The van der Waals surface area contributed by atoms with Crippen LogP contribution in [0.15, 0.2) is 42.5 Å². The lowest BCUT2D eigenvalue weighted by molar-refractivity contribution is 0.0713. The number of hydrogen-bond acceptors (Lipinski definition) is 2. The van der Waals surface area contributed by atoms with E-state index < -0.39 is 0 Å². The fraction of sp³-hybridized carbons (Fsp3) is 0.316. The highest BCUT2D eigenvalue weighted by molar-refractivity contribution is 6.39. The Morgan fingerprint density at radius 1 is 1.08 bits per heavy atom. The molecule has 1 aliphatic heterocycles. The van der Waals surface area contributed by atoms with Gasteiger partial charge < -0.3 is 10.6 Å². The first-order chi connectivity index (χ1) is 11.6. The molecule has 1 fully saturated rings. The van der Waals surface area contributed by atoms with E-state index in [1.54, 1.807) is 18.2 Å². The summed E-state index contributed by atoms with van der Waals surface area (Å²) in [6, 6.07) is 13.6. The van der Waals surface area contributed by atoms with E-state index >= 15 is 0 Å². The first-order valence-electron chi connectivity index (χ1n) is 8.12. The van der Waals surface area contributed by atoms with Gasteiger partial charge in [-0.1, -0.05) is 53.5 Å². The molecule has 0 saturated carbocycles. The van der Waals surface area contributed by atoms with Gasteiger partial charge in [0.2, 0.25) is 0 Å². The molecule has 2 aromatic carbocycles. The molecule has 0 unspecified atom stereocenters. The van der Waals surface area contributed by atoms with Crippen LogP contribution in [0.5, 0.6) is 0 Å². The minimum Gasteiger partial charge on any atom is -0.339 e. The van der Waals surface area contributed by atoms with Crippen LogP contribution < -0.4 is 5.73 Å². The normalized spacial score (nSPS) is 15.5. The number of carbonyl (C=O) groups excluding carboxylic acids is 1. The molecule has 2 N–H and O–H groups in total. The minimum atomic E-state index is -0.0836. The van der Waals surface area contributed by atoms with Gasteiger partial charge in [0.1, 0.15) is 0 Å². The number of benzene rings is 2. The van der Waals surface area contributed by atoms with Gasteiger partial charge in [0.25, 0.3) is 5.91 Å². The lowest BCUT2D eigenvalue weighted by Gasteiger charge is -2.32. The average Bonchev–Trinajstić information content (AvgIpc) is 2.61. The van der Waals surface area contributed by atoms with Gasteiger partial charge >= 0.3 is 0 Å². The summed E-state index contributed by atoms with van der Waals surface area (Å²) in [6.45, 7) is 1.96. The van der Waals surface area contributed by atoms with Gasteiger partial charge in [-0.25, -0.2) is 0 Å². The molecule has 3 rings (SSSR count). The van der Waals surface area contributed by atoms with Crippen molar-refractivity contribution in [3.63, 3.8) is 0 Å². The van der Waals surface area contributed by atoms with Crippen LogP contribution >= 0.6 is 23.2 Å². The van der Waals surface area contributed by atoms with Crippen LogP contribution in [0, 0.1) is 0 Å². The van der Waals surface area contributed by atoms with Gasteiger partial charge in [-0.3, -0.25) is 4.79 Å². The molecule has 126 valence electrons. The predicted octanol–water partition coefficient (Wildman–Crippen LogP) is 4.47. The molecule has 0 radical (unpaired) electrons. The average molecular weight is 363 g/mol. The lowest BCUT2D eigenvalue weighted by atomic mass is 9.88. The van der Waals surface area contributed by atoms with Crippen LogP contribution in [0.1, 0.15) is 40.2 Å². The number of rotatable bonds is 3. The van der Waals surface area contributed by atoms with E-state index in [1.165, 1.54) is 5.56 Å². The summed E-state index contributed by atoms with van der Waals surface area (Å²) in [5, 5.41) is 0.815. The van der Waals surface area contributed by atoms with E-state index in [9.17, 15) is 4.79 Å². The molecule has 1 heterocycles. The molecule has 0 atom stereocenters. The molecule has 1 saturated heterocycles. The molecule has 0 aliphatic carbocycles. The van der Waals surface area contributed by atoms with E-state index in [-0.39, 0.29) is 5.91 Å². The SMILES string of the molecule is NCc1cccc(C2CCN(C(=O)c3c(Cl)cccc3Cl)CC2)c1.